The van der Waals surface area contributed by atoms with Crippen LogP contribution in [0.15, 0.2) is 18.2 Å². The first-order chi connectivity index (χ1) is 6.99. The van der Waals surface area contributed by atoms with Gasteiger partial charge in [0, 0.05) is 10.9 Å². The molecule has 1 unspecified atom stereocenters. The van der Waals surface area contributed by atoms with Crippen molar-refractivity contribution in [3.63, 3.8) is 0 Å². The van der Waals surface area contributed by atoms with Crippen LogP contribution in [0.1, 0.15) is 6.42 Å². The molecule has 1 atom stereocenters. The fourth-order valence-electron chi connectivity index (χ4n) is 1.23. The molecule has 1 nitrogen and oxygen atoms in total. The summed E-state index contributed by atoms with van der Waals surface area (Å²) in [5, 5.41) is 1.08. The lowest BCUT2D eigenvalue weighted by molar-refractivity contribution is 0.299. The van der Waals surface area contributed by atoms with Crippen molar-refractivity contribution in [3.05, 3.63) is 28.2 Å². The summed E-state index contributed by atoms with van der Waals surface area (Å²) in [6, 6.07) is 5.10. The fourth-order valence-corrected chi connectivity index (χ4v) is 2.19. The number of rotatable bonds is 3. The molecule has 1 aromatic rings. The highest BCUT2D eigenvalue weighted by atomic mass is 35.5. The number of hydrogen-bond acceptors (Lipinski definition) is 1. The first kappa shape index (κ1) is 11.7. The molecule has 0 amide bonds. The Balaban J connectivity index is 1.94. The SMILES string of the molecule is Clc1ccc(OCC2CC2(Cl)Cl)c(Cl)c1. The van der Waals surface area contributed by atoms with E-state index in [2.05, 4.69) is 0 Å². The Morgan fingerprint density at radius 1 is 1.33 bits per heavy atom. The molecule has 1 aliphatic carbocycles. The van der Waals surface area contributed by atoms with Crippen molar-refractivity contribution in [1.82, 2.24) is 0 Å². The zero-order valence-electron chi connectivity index (χ0n) is 7.64. The quantitative estimate of drug-likeness (QED) is 0.740. The minimum absolute atomic E-state index is 0.188. The smallest absolute Gasteiger partial charge is 0.137 e. The molecule has 0 bridgehead atoms. The summed E-state index contributed by atoms with van der Waals surface area (Å²) in [4.78, 5) is 0. The molecule has 0 saturated heterocycles. The molecule has 1 aromatic carbocycles. The average molecular weight is 286 g/mol. The van der Waals surface area contributed by atoms with Gasteiger partial charge in [-0.25, -0.2) is 0 Å². The van der Waals surface area contributed by atoms with E-state index in [1.807, 2.05) is 0 Å². The Hall–Kier alpha value is 0.180. The Labute approximate surface area is 108 Å². The van der Waals surface area contributed by atoms with Crippen LogP contribution in [0, 0.1) is 5.92 Å². The molecule has 1 fully saturated rings. The molecule has 0 N–H and O–H groups in total. The summed E-state index contributed by atoms with van der Waals surface area (Å²) >= 11 is 23.4. The summed E-state index contributed by atoms with van der Waals surface area (Å²) in [5.41, 5.74) is 0. The molecular formula is C10H8Cl4O. The predicted octanol–water partition coefficient (Wildman–Crippen LogP) is 4.57. The van der Waals surface area contributed by atoms with Crippen molar-refractivity contribution in [2.45, 2.75) is 10.8 Å². The van der Waals surface area contributed by atoms with Crippen LogP contribution in [0.4, 0.5) is 0 Å². The average Bonchev–Trinajstić information content (AvgIpc) is 2.73. The summed E-state index contributed by atoms with van der Waals surface area (Å²) < 4.78 is 4.88. The van der Waals surface area contributed by atoms with Gasteiger partial charge >= 0.3 is 0 Å². The molecule has 0 heterocycles. The minimum atomic E-state index is -0.612. The van der Waals surface area contributed by atoms with E-state index in [9.17, 15) is 0 Å². The highest BCUT2D eigenvalue weighted by molar-refractivity contribution is 6.50. The summed E-state index contributed by atoms with van der Waals surface area (Å²) in [5.74, 6) is 0.796. The highest BCUT2D eigenvalue weighted by Crippen LogP contribution is 2.53. The van der Waals surface area contributed by atoms with Crippen LogP contribution in [-0.2, 0) is 0 Å². The second kappa shape index (κ2) is 4.21. The van der Waals surface area contributed by atoms with E-state index in [-0.39, 0.29) is 5.92 Å². The number of alkyl halides is 2. The third kappa shape index (κ3) is 2.85. The lowest BCUT2D eigenvalue weighted by atomic mass is 10.3. The molecule has 15 heavy (non-hydrogen) atoms. The third-order valence-corrected chi connectivity index (χ3v) is 3.75. The Bertz CT molecular complexity index is 378. The van der Waals surface area contributed by atoms with E-state index in [1.54, 1.807) is 18.2 Å². The van der Waals surface area contributed by atoms with Crippen molar-refractivity contribution in [2.24, 2.45) is 5.92 Å². The van der Waals surface area contributed by atoms with Gasteiger partial charge < -0.3 is 4.74 Å². The number of benzene rings is 1. The third-order valence-electron chi connectivity index (χ3n) is 2.29. The minimum Gasteiger partial charge on any atom is -0.492 e. The van der Waals surface area contributed by atoms with Gasteiger partial charge in [0.15, 0.2) is 0 Å². The molecule has 2 rings (SSSR count). The topological polar surface area (TPSA) is 9.23 Å². The first-order valence-corrected chi connectivity index (χ1v) is 5.96. The lowest BCUT2D eigenvalue weighted by Crippen LogP contribution is -2.04. The molecule has 5 heteroatoms. The van der Waals surface area contributed by atoms with Crippen molar-refractivity contribution in [2.75, 3.05) is 6.61 Å². The fraction of sp³-hybridized carbons (Fsp3) is 0.400. The summed E-state index contributed by atoms with van der Waals surface area (Å²) in [7, 11) is 0. The Morgan fingerprint density at radius 2 is 2.00 bits per heavy atom. The molecule has 1 aliphatic rings. The molecule has 1 saturated carbocycles. The largest absolute Gasteiger partial charge is 0.492 e. The Kier molecular flexibility index (Phi) is 3.27. The second-order valence-corrected chi connectivity index (χ2v) is 5.93. The van der Waals surface area contributed by atoms with Crippen LogP contribution in [0.5, 0.6) is 5.75 Å². The van der Waals surface area contributed by atoms with Gasteiger partial charge in [0.25, 0.3) is 0 Å². The number of hydrogen-bond donors (Lipinski definition) is 0. The lowest BCUT2D eigenvalue weighted by Gasteiger charge is -2.07. The first-order valence-electron chi connectivity index (χ1n) is 4.45. The van der Waals surface area contributed by atoms with Crippen LogP contribution in [-0.4, -0.2) is 10.9 Å². The molecule has 0 aromatic heterocycles. The highest BCUT2D eigenvalue weighted by Gasteiger charge is 2.52. The van der Waals surface area contributed by atoms with Gasteiger partial charge in [-0.05, 0) is 24.6 Å². The zero-order valence-corrected chi connectivity index (χ0v) is 10.7. The summed E-state index contributed by atoms with van der Waals surface area (Å²) in [6.45, 7) is 0.481. The van der Waals surface area contributed by atoms with Crippen LogP contribution < -0.4 is 4.74 Å². The standard InChI is InChI=1S/C10H8Cl4O/c11-7-1-2-9(8(12)3-7)15-5-6-4-10(6,13)14/h1-3,6H,4-5H2. The van der Waals surface area contributed by atoms with E-state index < -0.39 is 4.33 Å². The van der Waals surface area contributed by atoms with Gasteiger partial charge in [0.05, 0.1) is 11.6 Å². The van der Waals surface area contributed by atoms with Crippen LogP contribution in [0.25, 0.3) is 0 Å². The van der Waals surface area contributed by atoms with Crippen LogP contribution >= 0.6 is 46.4 Å². The van der Waals surface area contributed by atoms with Crippen molar-refractivity contribution < 1.29 is 4.74 Å². The van der Waals surface area contributed by atoms with E-state index in [1.165, 1.54) is 0 Å². The molecule has 82 valence electrons. The monoisotopic (exact) mass is 284 g/mol. The Morgan fingerprint density at radius 3 is 2.53 bits per heavy atom. The normalized spacial score (nSPS) is 22.5. The second-order valence-electron chi connectivity index (χ2n) is 3.55. The maximum atomic E-state index is 5.93. The van der Waals surface area contributed by atoms with Gasteiger partial charge in [0.2, 0.25) is 0 Å². The zero-order chi connectivity index (χ0) is 11.1. The van der Waals surface area contributed by atoms with Gasteiger partial charge in [-0.3, -0.25) is 0 Å². The van der Waals surface area contributed by atoms with Gasteiger partial charge in [-0.1, -0.05) is 23.2 Å². The van der Waals surface area contributed by atoms with E-state index in [0.717, 1.165) is 6.42 Å². The number of ether oxygens (including phenoxy) is 1. The van der Waals surface area contributed by atoms with Gasteiger partial charge in [-0.2, -0.15) is 0 Å². The van der Waals surface area contributed by atoms with E-state index in [4.69, 9.17) is 51.1 Å². The van der Waals surface area contributed by atoms with Crippen LogP contribution in [0.2, 0.25) is 10.0 Å². The van der Waals surface area contributed by atoms with E-state index >= 15 is 0 Å². The molecule has 0 spiro atoms. The van der Waals surface area contributed by atoms with Crippen molar-refractivity contribution in [1.29, 1.82) is 0 Å². The van der Waals surface area contributed by atoms with Gasteiger partial charge in [0.1, 0.15) is 10.1 Å². The molecular weight excluding hydrogens is 278 g/mol. The van der Waals surface area contributed by atoms with Crippen LogP contribution in [0.3, 0.4) is 0 Å². The van der Waals surface area contributed by atoms with E-state index in [0.29, 0.717) is 22.4 Å². The predicted molar refractivity (Wildman–Crippen MR) is 64.5 cm³/mol. The molecule has 0 aliphatic heterocycles. The maximum Gasteiger partial charge on any atom is 0.137 e. The van der Waals surface area contributed by atoms with Crippen molar-refractivity contribution >= 4 is 46.4 Å². The maximum absolute atomic E-state index is 5.93. The summed E-state index contributed by atoms with van der Waals surface area (Å²) in [6.07, 6.45) is 0.765. The van der Waals surface area contributed by atoms with Gasteiger partial charge in [-0.15, -0.1) is 23.2 Å². The number of halogens is 4. The van der Waals surface area contributed by atoms with Crippen molar-refractivity contribution in [3.8, 4) is 5.75 Å². The molecule has 0 radical (unpaired) electrons.